The normalized spacial score (nSPS) is 22.9. The van der Waals surface area contributed by atoms with Crippen LogP contribution in [0.25, 0.3) is 5.57 Å². The Kier molecular flexibility index (Phi) is 7.58. The summed E-state index contributed by atoms with van der Waals surface area (Å²) in [6.45, 7) is 6.45. The van der Waals surface area contributed by atoms with Gasteiger partial charge in [-0.1, -0.05) is 49.7 Å². The van der Waals surface area contributed by atoms with Crippen molar-refractivity contribution in [1.82, 2.24) is 10.2 Å². The third kappa shape index (κ3) is 5.62. The fourth-order valence-corrected chi connectivity index (χ4v) is 5.73. The number of nitrogens with one attached hydrogen (secondary N) is 1. The van der Waals surface area contributed by atoms with Gasteiger partial charge in [-0.3, -0.25) is 4.79 Å². The Labute approximate surface area is 234 Å². The fourth-order valence-electron chi connectivity index (χ4n) is 5.61. The third-order valence-electron chi connectivity index (χ3n) is 7.75. The molecule has 1 atom stereocenters. The van der Waals surface area contributed by atoms with E-state index in [4.69, 9.17) is 26.8 Å². The van der Waals surface area contributed by atoms with Crippen LogP contribution in [0.15, 0.2) is 84.4 Å². The van der Waals surface area contributed by atoms with Crippen LogP contribution in [-0.2, 0) is 10.4 Å². The molecule has 3 heterocycles. The number of dihydropyridines is 1. The van der Waals surface area contributed by atoms with Crippen LogP contribution in [0.3, 0.4) is 0 Å². The van der Waals surface area contributed by atoms with Crippen molar-refractivity contribution in [2.24, 2.45) is 11.1 Å². The van der Waals surface area contributed by atoms with E-state index in [0.717, 1.165) is 54.0 Å². The molecular weight excluding hydrogens is 514 g/mol. The summed E-state index contributed by atoms with van der Waals surface area (Å²) in [4.78, 5) is 13.7. The van der Waals surface area contributed by atoms with E-state index in [1.54, 1.807) is 12.3 Å². The number of rotatable bonds is 7. The molecule has 0 aromatic heterocycles. The van der Waals surface area contributed by atoms with Crippen molar-refractivity contribution < 1.29 is 19.4 Å². The number of halogens is 1. The SMILES string of the molecule is CC1(C)CN(CCC=C2C3=CC=CNC3=COc3ccc(OCC(N)=O)cc32)CCC1(O)c1ccc(Cl)cc1. The largest absolute Gasteiger partial charge is 0.484 e. The molecule has 0 spiro atoms. The lowest BCUT2D eigenvalue weighted by Gasteiger charge is -2.50. The Morgan fingerprint density at radius 1 is 1.26 bits per heavy atom. The lowest BCUT2D eigenvalue weighted by Crippen LogP contribution is -2.55. The molecule has 1 fully saturated rings. The molecule has 204 valence electrons. The molecule has 7 nitrogen and oxygen atoms in total. The number of ether oxygens (including phenoxy) is 2. The maximum atomic E-state index is 11.7. The van der Waals surface area contributed by atoms with Crippen molar-refractivity contribution in [3.63, 3.8) is 0 Å². The van der Waals surface area contributed by atoms with Crippen molar-refractivity contribution in [2.45, 2.75) is 32.3 Å². The first-order valence-corrected chi connectivity index (χ1v) is 13.5. The molecule has 1 unspecified atom stereocenters. The van der Waals surface area contributed by atoms with E-state index in [-0.39, 0.29) is 12.0 Å². The molecular formula is C31H34ClN3O4. The van der Waals surface area contributed by atoms with Crippen LogP contribution in [0.2, 0.25) is 5.02 Å². The quantitative estimate of drug-likeness (QED) is 0.457. The number of allylic oxidation sites excluding steroid dienone is 3. The number of aliphatic hydroxyl groups is 1. The van der Waals surface area contributed by atoms with Crippen LogP contribution in [0, 0.1) is 5.41 Å². The average Bonchev–Trinajstić information content (AvgIpc) is 3.06. The summed E-state index contributed by atoms with van der Waals surface area (Å²) in [6.07, 6.45) is 11.3. The van der Waals surface area contributed by atoms with Gasteiger partial charge in [0.05, 0.1) is 11.3 Å². The van der Waals surface area contributed by atoms with Crippen LogP contribution in [-0.4, -0.2) is 42.2 Å². The summed E-state index contributed by atoms with van der Waals surface area (Å²) in [5, 5.41) is 15.7. The first kappa shape index (κ1) is 27.1. The van der Waals surface area contributed by atoms with Gasteiger partial charge in [0.2, 0.25) is 0 Å². The number of carbonyl (C=O) groups is 1. The second-order valence-electron chi connectivity index (χ2n) is 10.8. The van der Waals surface area contributed by atoms with Crippen molar-refractivity contribution >= 4 is 23.1 Å². The fraction of sp³-hybridized carbons (Fsp3) is 0.323. The Morgan fingerprint density at radius 2 is 2.05 bits per heavy atom. The summed E-state index contributed by atoms with van der Waals surface area (Å²) in [5.41, 5.74) is 8.69. The van der Waals surface area contributed by atoms with Crippen molar-refractivity contribution in [2.75, 3.05) is 26.2 Å². The molecule has 2 aromatic rings. The van der Waals surface area contributed by atoms with E-state index in [1.165, 1.54) is 0 Å². The molecule has 0 saturated carbocycles. The van der Waals surface area contributed by atoms with E-state index in [0.29, 0.717) is 22.9 Å². The van der Waals surface area contributed by atoms with Gasteiger partial charge >= 0.3 is 0 Å². The highest BCUT2D eigenvalue weighted by molar-refractivity contribution is 6.30. The topological polar surface area (TPSA) is 97.0 Å². The highest BCUT2D eigenvalue weighted by Gasteiger charge is 2.48. The Hall–Kier alpha value is -3.52. The lowest BCUT2D eigenvalue weighted by atomic mass is 9.66. The van der Waals surface area contributed by atoms with E-state index in [2.05, 4.69) is 36.2 Å². The van der Waals surface area contributed by atoms with E-state index >= 15 is 0 Å². The minimum Gasteiger partial charge on any atom is -0.484 e. The van der Waals surface area contributed by atoms with Gasteiger partial charge < -0.3 is 30.5 Å². The number of nitrogens with zero attached hydrogens (tertiary/aromatic N) is 1. The summed E-state index contributed by atoms with van der Waals surface area (Å²) >= 11 is 6.09. The molecule has 0 bridgehead atoms. The monoisotopic (exact) mass is 547 g/mol. The minimum atomic E-state index is -0.921. The summed E-state index contributed by atoms with van der Waals surface area (Å²) in [7, 11) is 0. The van der Waals surface area contributed by atoms with Gasteiger partial charge in [-0.25, -0.2) is 0 Å². The van der Waals surface area contributed by atoms with Crippen LogP contribution < -0.4 is 20.5 Å². The van der Waals surface area contributed by atoms with Gasteiger partial charge in [0, 0.05) is 47.4 Å². The van der Waals surface area contributed by atoms with E-state index in [1.807, 2.05) is 48.7 Å². The van der Waals surface area contributed by atoms with E-state index in [9.17, 15) is 9.90 Å². The first-order valence-electron chi connectivity index (χ1n) is 13.1. The van der Waals surface area contributed by atoms with Gasteiger partial charge in [0.15, 0.2) is 6.61 Å². The van der Waals surface area contributed by atoms with Crippen LogP contribution in [0.1, 0.15) is 37.8 Å². The standard InChI is InChI=1S/C31H34ClN3O4/c1-30(2)20-35(16-13-31(30,37)21-7-9-22(32)10-8-21)15-4-6-24-25-5-3-14-34-27(25)18-39-28-12-11-23(17-26(24)28)38-19-29(33)36/h3,5-12,14,17-18,34,37H,4,13,15-16,19-20H2,1-2H3,(H2,33,36). The number of hydrogen-bond acceptors (Lipinski definition) is 6. The molecule has 4 N–H and O–H groups in total. The van der Waals surface area contributed by atoms with Crippen molar-refractivity contribution in [3.8, 4) is 11.5 Å². The zero-order valence-electron chi connectivity index (χ0n) is 22.2. The lowest BCUT2D eigenvalue weighted by molar-refractivity contribution is -0.125. The van der Waals surface area contributed by atoms with Gasteiger partial charge in [-0.2, -0.15) is 0 Å². The number of primary amides is 1. The number of piperidine rings is 1. The summed E-state index contributed by atoms with van der Waals surface area (Å²) < 4.78 is 11.6. The Bertz CT molecular complexity index is 1380. The third-order valence-corrected chi connectivity index (χ3v) is 8.00. The highest BCUT2D eigenvalue weighted by atomic mass is 35.5. The zero-order chi connectivity index (χ0) is 27.6. The average molecular weight is 548 g/mol. The number of amides is 1. The first-order chi connectivity index (χ1) is 18.7. The Balaban J connectivity index is 1.36. The van der Waals surface area contributed by atoms with Crippen LogP contribution in [0.4, 0.5) is 0 Å². The van der Waals surface area contributed by atoms with Crippen LogP contribution >= 0.6 is 11.6 Å². The van der Waals surface area contributed by atoms with Crippen molar-refractivity contribution in [1.29, 1.82) is 0 Å². The molecule has 2 aromatic carbocycles. The number of carbonyl (C=O) groups excluding carboxylic acids is 1. The number of hydrogen-bond donors (Lipinski definition) is 3. The number of nitrogens with two attached hydrogens (primary N) is 1. The predicted octanol–water partition coefficient (Wildman–Crippen LogP) is 4.87. The molecule has 39 heavy (non-hydrogen) atoms. The van der Waals surface area contributed by atoms with E-state index < -0.39 is 11.5 Å². The zero-order valence-corrected chi connectivity index (χ0v) is 23.0. The van der Waals surface area contributed by atoms with Crippen LogP contribution in [0.5, 0.6) is 11.5 Å². The van der Waals surface area contributed by atoms with Gasteiger partial charge in [0.1, 0.15) is 17.8 Å². The number of likely N-dealkylation sites (tertiary alicyclic amines) is 1. The molecule has 0 radical (unpaired) electrons. The van der Waals surface area contributed by atoms with Crippen molar-refractivity contribution in [3.05, 3.63) is 101 Å². The van der Waals surface area contributed by atoms with Gasteiger partial charge in [-0.05, 0) is 60.4 Å². The maximum absolute atomic E-state index is 11.7. The minimum absolute atomic E-state index is 0.192. The number of fused-ring (bicyclic) bond motifs is 2. The molecule has 5 rings (SSSR count). The molecule has 1 amide bonds. The van der Waals surface area contributed by atoms with Gasteiger partial charge in [0.25, 0.3) is 5.91 Å². The summed E-state index contributed by atoms with van der Waals surface area (Å²) in [6, 6.07) is 13.0. The highest BCUT2D eigenvalue weighted by Crippen LogP contribution is 2.46. The summed E-state index contributed by atoms with van der Waals surface area (Å²) in [5.74, 6) is 0.715. The maximum Gasteiger partial charge on any atom is 0.255 e. The molecule has 3 aliphatic heterocycles. The second-order valence-corrected chi connectivity index (χ2v) is 11.3. The number of benzene rings is 2. The predicted molar refractivity (Wildman–Crippen MR) is 153 cm³/mol. The molecule has 0 aliphatic carbocycles. The molecule has 8 heteroatoms. The molecule has 3 aliphatic rings. The smallest absolute Gasteiger partial charge is 0.255 e. The second kappa shape index (κ2) is 10.9. The van der Waals surface area contributed by atoms with Gasteiger partial charge in [-0.15, -0.1) is 0 Å². The molecule has 1 saturated heterocycles. The Morgan fingerprint density at radius 3 is 2.79 bits per heavy atom.